The predicted octanol–water partition coefficient (Wildman–Crippen LogP) is 3.33. The summed E-state index contributed by atoms with van der Waals surface area (Å²) in [5, 5.41) is 1.29. The van der Waals surface area contributed by atoms with Crippen LogP contribution in [0.5, 0.6) is 0 Å². The van der Waals surface area contributed by atoms with Gasteiger partial charge in [-0.1, -0.05) is 6.92 Å². The first kappa shape index (κ1) is 13.4. The molecule has 1 aromatic carbocycles. The lowest BCUT2D eigenvalue weighted by atomic mass is 10.0. The number of pyridine rings is 1. The first-order chi connectivity index (χ1) is 9.67. The average molecular weight is 270 g/mol. The van der Waals surface area contributed by atoms with Gasteiger partial charge in [-0.05, 0) is 50.1 Å². The molecule has 1 fully saturated rings. The molecular weight excluding hydrogens is 248 g/mol. The highest BCUT2D eigenvalue weighted by Crippen LogP contribution is 2.26. The van der Waals surface area contributed by atoms with Gasteiger partial charge in [0.05, 0.1) is 18.2 Å². The van der Waals surface area contributed by atoms with Crippen molar-refractivity contribution in [2.75, 3.05) is 24.6 Å². The Morgan fingerprint density at radius 2 is 2.20 bits per heavy atom. The minimum atomic E-state index is 0.307. The van der Waals surface area contributed by atoms with Crippen molar-refractivity contribution >= 4 is 16.6 Å². The molecule has 1 unspecified atom stereocenters. The fraction of sp³-hybridized carbons (Fsp3) is 0.471. The molecule has 1 aromatic heterocycles. The number of fused-ring (bicyclic) bond motifs is 1. The van der Waals surface area contributed by atoms with E-state index in [0.717, 1.165) is 37.3 Å². The lowest BCUT2D eigenvalue weighted by Gasteiger charge is -2.33. The van der Waals surface area contributed by atoms with Crippen LogP contribution in [0.25, 0.3) is 10.9 Å². The van der Waals surface area contributed by atoms with Crippen molar-refractivity contribution in [3.8, 4) is 0 Å². The molecule has 3 rings (SSSR count). The molecule has 3 heteroatoms. The average Bonchev–Trinajstić information content (AvgIpc) is 2.46. The lowest BCUT2D eigenvalue weighted by molar-refractivity contribution is 0.0532. The number of morpholine rings is 1. The van der Waals surface area contributed by atoms with E-state index in [4.69, 9.17) is 4.74 Å². The molecule has 1 atom stereocenters. The van der Waals surface area contributed by atoms with Crippen LogP contribution in [-0.2, 0) is 11.2 Å². The van der Waals surface area contributed by atoms with Crippen molar-refractivity contribution in [3.63, 3.8) is 0 Å². The van der Waals surface area contributed by atoms with E-state index < -0.39 is 0 Å². The van der Waals surface area contributed by atoms with Crippen LogP contribution in [0.2, 0.25) is 0 Å². The molecule has 106 valence electrons. The lowest BCUT2D eigenvalue weighted by Crippen LogP contribution is -2.41. The maximum Gasteiger partial charge on any atom is 0.0722 e. The third-order valence-electron chi connectivity index (χ3n) is 3.99. The molecule has 3 nitrogen and oxygen atoms in total. The standard InChI is InChI=1S/C17H22N2O/c1-4-14-9-12(2)18-17-6-5-15(10-16(14)17)19-7-8-20-13(3)11-19/h5-6,9-10,13H,4,7-8,11H2,1-3H3. The van der Waals surface area contributed by atoms with Crippen molar-refractivity contribution in [1.82, 2.24) is 4.98 Å². The number of benzene rings is 1. The summed E-state index contributed by atoms with van der Waals surface area (Å²) in [6, 6.07) is 8.83. The summed E-state index contributed by atoms with van der Waals surface area (Å²) in [4.78, 5) is 7.05. The number of aryl methyl sites for hydroxylation is 2. The van der Waals surface area contributed by atoms with Gasteiger partial charge in [0, 0.05) is 29.9 Å². The molecule has 0 aliphatic carbocycles. The Morgan fingerprint density at radius 1 is 1.35 bits per heavy atom. The second-order valence-corrected chi connectivity index (χ2v) is 5.61. The monoisotopic (exact) mass is 270 g/mol. The van der Waals surface area contributed by atoms with E-state index in [9.17, 15) is 0 Å². The molecule has 0 saturated carbocycles. The SMILES string of the molecule is CCc1cc(C)nc2ccc(N3CCOC(C)C3)cc12. The number of rotatable bonds is 2. The Bertz CT molecular complexity index is 624. The summed E-state index contributed by atoms with van der Waals surface area (Å²) in [6.45, 7) is 9.15. The molecule has 0 amide bonds. The van der Waals surface area contributed by atoms with Crippen molar-refractivity contribution in [2.45, 2.75) is 33.3 Å². The zero-order valence-corrected chi connectivity index (χ0v) is 12.5. The van der Waals surface area contributed by atoms with E-state index in [2.05, 4.69) is 54.9 Å². The van der Waals surface area contributed by atoms with Crippen LogP contribution in [0.4, 0.5) is 5.69 Å². The smallest absolute Gasteiger partial charge is 0.0722 e. The van der Waals surface area contributed by atoms with Crippen LogP contribution in [0, 0.1) is 6.92 Å². The summed E-state index contributed by atoms with van der Waals surface area (Å²) in [7, 11) is 0. The molecular formula is C17H22N2O. The van der Waals surface area contributed by atoms with E-state index in [1.54, 1.807) is 0 Å². The molecule has 2 heterocycles. The summed E-state index contributed by atoms with van der Waals surface area (Å²) >= 11 is 0. The number of hydrogen-bond donors (Lipinski definition) is 0. The Balaban J connectivity index is 2.03. The van der Waals surface area contributed by atoms with Gasteiger partial charge in [0.1, 0.15) is 0 Å². The van der Waals surface area contributed by atoms with E-state index in [-0.39, 0.29) is 0 Å². The highest BCUT2D eigenvalue weighted by molar-refractivity contribution is 5.86. The maximum absolute atomic E-state index is 5.62. The first-order valence-electron chi connectivity index (χ1n) is 7.44. The van der Waals surface area contributed by atoms with Gasteiger partial charge in [0.2, 0.25) is 0 Å². The third kappa shape index (κ3) is 2.50. The van der Waals surface area contributed by atoms with E-state index in [0.29, 0.717) is 6.10 Å². The van der Waals surface area contributed by atoms with Crippen molar-refractivity contribution in [2.24, 2.45) is 0 Å². The molecule has 0 spiro atoms. The number of anilines is 1. The molecule has 1 aliphatic heterocycles. The zero-order valence-electron chi connectivity index (χ0n) is 12.5. The van der Waals surface area contributed by atoms with Gasteiger partial charge in [-0.3, -0.25) is 4.98 Å². The van der Waals surface area contributed by atoms with Gasteiger partial charge in [0.15, 0.2) is 0 Å². The van der Waals surface area contributed by atoms with Gasteiger partial charge < -0.3 is 9.64 Å². The molecule has 20 heavy (non-hydrogen) atoms. The van der Waals surface area contributed by atoms with Crippen LogP contribution >= 0.6 is 0 Å². The van der Waals surface area contributed by atoms with Gasteiger partial charge in [-0.2, -0.15) is 0 Å². The van der Waals surface area contributed by atoms with E-state index in [1.165, 1.54) is 16.6 Å². The first-order valence-corrected chi connectivity index (χ1v) is 7.44. The molecule has 0 bridgehead atoms. The fourth-order valence-electron chi connectivity index (χ4n) is 2.97. The maximum atomic E-state index is 5.62. The molecule has 1 saturated heterocycles. The van der Waals surface area contributed by atoms with E-state index in [1.807, 2.05) is 0 Å². The zero-order chi connectivity index (χ0) is 14.1. The van der Waals surface area contributed by atoms with Crippen LogP contribution in [0.1, 0.15) is 25.1 Å². The predicted molar refractivity (Wildman–Crippen MR) is 83.5 cm³/mol. The van der Waals surface area contributed by atoms with Crippen LogP contribution in [0.15, 0.2) is 24.3 Å². The summed E-state index contributed by atoms with van der Waals surface area (Å²) in [6.07, 6.45) is 1.35. The Hall–Kier alpha value is -1.61. The minimum absolute atomic E-state index is 0.307. The number of hydrogen-bond acceptors (Lipinski definition) is 3. The van der Waals surface area contributed by atoms with Gasteiger partial charge >= 0.3 is 0 Å². The van der Waals surface area contributed by atoms with Gasteiger partial charge in [0.25, 0.3) is 0 Å². The van der Waals surface area contributed by atoms with Crippen molar-refractivity contribution in [1.29, 1.82) is 0 Å². The second kappa shape index (κ2) is 5.41. The topological polar surface area (TPSA) is 25.4 Å². The molecule has 0 N–H and O–H groups in total. The Kier molecular flexibility index (Phi) is 3.62. The summed E-state index contributed by atoms with van der Waals surface area (Å²) in [5.74, 6) is 0. The molecule has 1 aliphatic rings. The largest absolute Gasteiger partial charge is 0.375 e. The van der Waals surface area contributed by atoms with Gasteiger partial charge in [-0.15, -0.1) is 0 Å². The van der Waals surface area contributed by atoms with Crippen LogP contribution in [0.3, 0.4) is 0 Å². The Labute approximate surface area is 120 Å². The fourth-order valence-corrected chi connectivity index (χ4v) is 2.97. The number of aromatic nitrogens is 1. The third-order valence-corrected chi connectivity index (χ3v) is 3.99. The molecule has 0 radical (unpaired) electrons. The van der Waals surface area contributed by atoms with E-state index >= 15 is 0 Å². The normalized spacial score (nSPS) is 19.6. The minimum Gasteiger partial charge on any atom is -0.375 e. The highest BCUT2D eigenvalue weighted by atomic mass is 16.5. The number of ether oxygens (including phenoxy) is 1. The van der Waals surface area contributed by atoms with Crippen molar-refractivity contribution in [3.05, 3.63) is 35.5 Å². The highest BCUT2D eigenvalue weighted by Gasteiger charge is 2.17. The summed E-state index contributed by atoms with van der Waals surface area (Å²) in [5.41, 5.74) is 4.87. The molecule has 2 aromatic rings. The second-order valence-electron chi connectivity index (χ2n) is 5.61. The summed E-state index contributed by atoms with van der Waals surface area (Å²) < 4.78 is 5.62. The van der Waals surface area contributed by atoms with Crippen LogP contribution in [-0.4, -0.2) is 30.8 Å². The van der Waals surface area contributed by atoms with Crippen LogP contribution < -0.4 is 4.90 Å². The Morgan fingerprint density at radius 3 is 2.95 bits per heavy atom. The van der Waals surface area contributed by atoms with Gasteiger partial charge in [-0.25, -0.2) is 0 Å². The number of nitrogens with zero attached hydrogens (tertiary/aromatic N) is 2. The van der Waals surface area contributed by atoms with Crippen molar-refractivity contribution < 1.29 is 4.74 Å². The quantitative estimate of drug-likeness (QED) is 0.837.